The number of nitrogens with zero attached hydrogens (tertiary/aromatic N) is 1. The highest BCUT2D eigenvalue weighted by atomic mass is 15.1. The Morgan fingerprint density at radius 3 is 2.25 bits per heavy atom. The van der Waals surface area contributed by atoms with Gasteiger partial charge in [-0.2, -0.15) is 0 Å². The molecule has 2 heteroatoms. The fourth-order valence-electron chi connectivity index (χ4n) is 3.20. The maximum Gasteiger partial charge on any atom is 0.00966 e. The third-order valence-corrected chi connectivity index (χ3v) is 4.70. The zero-order valence-electron chi connectivity index (χ0n) is 11.2. The highest BCUT2D eigenvalue weighted by Crippen LogP contribution is 2.25. The van der Waals surface area contributed by atoms with Gasteiger partial charge in [0.15, 0.2) is 0 Å². The van der Waals surface area contributed by atoms with Crippen molar-refractivity contribution in [3.63, 3.8) is 0 Å². The summed E-state index contributed by atoms with van der Waals surface area (Å²) in [5, 5.41) is 3.90. The van der Waals surface area contributed by atoms with Crippen LogP contribution in [-0.4, -0.2) is 36.6 Å². The van der Waals surface area contributed by atoms with E-state index in [1.165, 1.54) is 45.1 Å². The first-order valence-electron chi connectivity index (χ1n) is 7.11. The van der Waals surface area contributed by atoms with Crippen LogP contribution in [-0.2, 0) is 0 Å². The zero-order valence-corrected chi connectivity index (χ0v) is 11.2. The number of hydrogen-bond acceptors (Lipinski definition) is 2. The van der Waals surface area contributed by atoms with Crippen molar-refractivity contribution in [1.82, 2.24) is 10.2 Å². The van der Waals surface area contributed by atoms with E-state index in [0.717, 1.165) is 24.0 Å². The van der Waals surface area contributed by atoms with Crippen LogP contribution in [0.15, 0.2) is 0 Å². The average Bonchev–Trinajstić information content (AvgIpc) is 2.27. The Morgan fingerprint density at radius 1 is 0.938 bits per heavy atom. The van der Waals surface area contributed by atoms with Gasteiger partial charge in [0, 0.05) is 18.1 Å². The van der Waals surface area contributed by atoms with Gasteiger partial charge in [-0.15, -0.1) is 0 Å². The standard InChI is InChI=1S/C14H28N2/c1-11-4-6-13(7-5-11)15-14-8-9-16(3)12(2)10-14/h11-15H,4-10H2,1-3H3. The van der Waals surface area contributed by atoms with E-state index in [0.29, 0.717) is 0 Å². The molecule has 94 valence electrons. The Kier molecular flexibility index (Phi) is 4.26. The predicted molar refractivity (Wildman–Crippen MR) is 69.7 cm³/mol. The highest BCUT2D eigenvalue weighted by Gasteiger charge is 2.26. The van der Waals surface area contributed by atoms with Crippen LogP contribution in [0.4, 0.5) is 0 Å². The number of nitrogens with one attached hydrogen (secondary N) is 1. The Labute approximate surface area is 101 Å². The maximum absolute atomic E-state index is 3.90. The summed E-state index contributed by atoms with van der Waals surface area (Å²) in [5.41, 5.74) is 0. The molecule has 0 spiro atoms. The first kappa shape index (κ1) is 12.4. The molecule has 1 saturated carbocycles. The molecule has 0 bridgehead atoms. The molecule has 2 rings (SSSR count). The molecule has 1 aliphatic heterocycles. The maximum atomic E-state index is 3.90. The Hall–Kier alpha value is -0.0800. The molecule has 1 saturated heterocycles. The summed E-state index contributed by atoms with van der Waals surface area (Å²) in [6, 6.07) is 2.36. The van der Waals surface area contributed by atoms with Gasteiger partial charge < -0.3 is 10.2 Å². The summed E-state index contributed by atoms with van der Waals surface area (Å²) in [5.74, 6) is 0.967. The third-order valence-electron chi connectivity index (χ3n) is 4.70. The molecule has 2 nitrogen and oxygen atoms in total. The van der Waals surface area contributed by atoms with Crippen LogP contribution in [0.25, 0.3) is 0 Å². The molecule has 2 atom stereocenters. The van der Waals surface area contributed by atoms with E-state index in [9.17, 15) is 0 Å². The van der Waals surface area contributed by atoms with Gasteiger partial charge in [0.05, 0.1) is 0 Å². The molecule has 0 aromatic rings. The van der Waals surface area contributed by atoms with Crippen molar-refractivity contribution in [2.45, 2.75) is 70.5 Å². The smallest absolute Gasteiger partial charge is 0.00966 e. The molecule has 2 aliphatic rings. The first-order chi connectivity index (χ1) is 7.65. The summed E-state index contributed by atoms with van der Waals surface area (Å²) in [6.45, 7) is 6.02. The van der Waals surface area contributed by atoms with E-state index in [4.69, 9.17) is 0 Å². The minimum absolute atomic E-state index is 0.758. The first-order valence-corrected chi connectivity index (χ1v) is 7.11. The number of rotatable bonds is 2. The second-order valence-electron chi connectivity index (χ2n) is 6.17. The van der Waals surface area contributed by atoms with E-state index < -0.39 is 0 Å². The van der Waals surface area contributed by atoms with Crippen LogP contribution in [0.2, 0.25) is 0 Å². The molecule has 2 unspecified atom stereocenters. The van der Waals surface area contributed by atoms with E-state index in [1.54, 1.807) is 0 Å². The van der Waals surface area contributed by atoms with Gasteiger partial charge in [0.1, 0.15) is 0 Å². The molecule has 1 aliphatic carbocycles. The second kappa shape index (κ2) is 5.50. The average molecular weight is 224 g/mol. The van der Waals surface area contributed by atoms with Crippen LogP contribution in [0.1, 0.15) is 52.4 Å². The Bertz CT molecular complexity index is 209. The molecule has 1 heterocycles. The quantitative estimate of drug-likeness (QED) is 0.776. The molecule has 0 radical (unpaired) electrons. The molecule has 2 fully saturated rings. The van der Waals surface area contributed by atoms with Crippen molar-refractivity contribution < 1.29 is 0 Å². The molecular weight excluding hydrogens is 196 g/mol. The topological polar surface area (TPSA) is 15.3 Å². The van der Waals surface area contributed by atoms with Gasteiger partial charge in [-0.3, -0.25) is 0 Å². The van der Waals surface area contributed by atoms with Crippen molar-refractivity contribution in [1.29, 1.82) is 0 Å². The molecular formula is C14H28N2. The summed E-state index contributed by atoms with van der Waals surface area (Å²) >= 11 is 0. The summed E-state index contributed by atoms with van der Waals surface area (Å²) in [4.78, 5) is 2.49. The molecule has 1 N–H and O–H groups in total. The van der Waals surface area contributed by atoms with Gasteiger partial charge in [-0.25, -0.2) is 0 Å². The lowest BCUT2D eigenvalue weighted by Crippen LogP contribution is -2.49. The summed E-state index contributed by atoms with van der Waals surface area (Å²) in [7, 11) is 2.25. The van der Waals surface area contributed by atoms with Crippen LogP contribution >= 0.6 is 0 Å². The number of likely N-dealkylation sites (tertiary alicyclic amines) is 1. The van der Waals surface area contributed by atoms with E-state index in [2.05, 4.69) is 31.1 Å². The second-order valence-corrected chi connectivity index (χ2v) is 6.17. The SMILES string of the molecule is CC1CCC(NC2CCN(C)C(C)C2)CC1. The predicted octanol–water partition coefficient (Wildman–Crippen LogP) is 2.64. The lowest BCUT2D eigenvalue weighted by Gasteiger charge is -2.38. The van der Waals surface area contributed by atoms with Gasteiger partial charge in [0.25, 0.3) is 0 Å². The Balaban J connectivity index is 1.73. The molecule has 16 heavy (non-hydrogen) atoms. The minimum atomic E-state index is 0.758. The fraction of sp³-hybridized carbons (Fsp3) is 1.00. The fourth-order valence-corrected chi connectivity index (χ4v) is 3.20. The van der Waals surface area contributed by atoms with Crippen molar-refractivity contribution in [3.05, 3.63) is 0 Å². The van der Waals surface area contributed by atoms with Gasteiger partial charge in [0.2, 0.25) is 0 Å². The van der Waals surface area contributed by atoms with Crippen molar-refractivity contribution in [2.24, 2.45) is 5.92 Å². The van der Waals surface area contributed by atoms with Crippen LogP contribution in [0.3, 0.4) is 0 Å². The van der Waals surface area contributed by atoms with Crippen molar-refractivity contribution in [2.75, 3.05) is 13.6 Å². The van der Waals surface area contributed by atoms with E-state index >= 15 is 0 Å². The Morgan fingerprint density at radius 2 is 1.62 bits per heavy atom. The summed E-state index contributed by atoms with van der Waals surface area (Å²) < 4.78 is 0. The van der Waals surface area contributed by atoms with Gasteiger partial charge >= 0.3 is 0 Å². The van der Waals surface area contributed by atoms with Gasteiger partial charge in [-0.05, 0) is 65.0 Å². The molecule has 0 aromatic carbocycles. The monoisotopic (exact) mass is 224 g/mol. The van der Waals surface area contributed by atoms with Crippen LogP contribution in [0, 0.1) is 5.92 Å². The largest absolute Gasteiger partial charge is 0.311 e. The van der Waals surface area contributed by atoms with Crippen LogP contribution < -0.4 is 5.32 Å². The van der Waals surface area contributed by atoms with Crippen molar-refractivity contribution in [3.8, 4) is 0 Å². The van der Waals surface area contributed by atoms with E-state index in [-0.39, 0.29) is 0 Å². The number of hydrogen-bond donors (Lipinski definition) is 1. The third kappa shape index (κ3) is 3.21. The van der Waals surface area contributed by atoms with Gasteiger partial charge in [-0.1, -0.05) is 6.92 Å². The lowest BCUT2D eigenvalue weighted by molar-refractivity contribution is 0.154. The molecule has 0 aromatic heterocycles. The van der Waals surface area contributed by atoms with E-state index in [1.807, 2.05) is 0 Å². The van der Waals surface area contributed by atoms with Crippen LogP contribution in [0.5, 0.6) is 0 Å². The summed E-state index contributed by atoms with van der Waals surface area (Å²) in [6.07, 6.45) is 8.35. The molecule has 0 amide bonds. The van der Waals surface area contributed by atoms with Crippen molar-refractivity contribution >= 4 is 0 Å². The number of piperidine rings is 1. The highest BCUT2D eigenvalue weighted by molar-refractivity contribution is 4.85. The lowest BCUT2D eigenvalue weighted by atomic mass is 9.86. The zero-order chi connectivity index (χ0) is 11.5. The normalized spacial score (nSPS) is 42.2. The minimum Gasteiger partial charge on any atom is -0.311 e.